The van der Waals surface area contributed by atoms with E-state index in [9.17, 15) is 18.0 Å². The molecule has 28 heavy (non-hydrogen) atoms. The largest absolute Gasteiger partial charge is 0.454 e. The van der Waals surface area contributed by atoms with Crippen LogP contribution >= 0.6 is 11.3 Å². The van der Waals surface area contributed by atoms with E-state index in [1.54, 1.807) is 18.2 Å². The van der Waals surface area contributed by atoms with Crippen molar-refractivity contribution in [1.29, 1.82) is 0 Å². The maximum atomic E-state index is 13.3. The predicted molar refractivity (Wildman–Crippen MR) is 92.1 cm³/mol. The molecule has 4 rings (SSSR count). The number of nitrogens with zero attached hydrogens (tertiary/aromatic N) is 4. The Hall–Kier alpha value is -3.21. The van der Waals surface area contributed by atoms with Crippen LogP contribution in [0.25, 0.3) is 22.4 Å². The van der Waals surface area contributed by atoms with Gasteiger partial charge in [0.15, 0.2) is 6.61 Å². The fraction of sp³-hybridized carbons (Fsp3) is 0.176. The van der Waals surface area contributed by atoms with Gasteiger partial charge in [-0.05, 0) is 23.6 Å². The summed E-state index contributed by atoms with van der Waals surface area (Å²) in [4.78, 5) is 19.8. The van der Waals surface area contributed by atoms with Crippen molar-refractivity contribution in [2.24, 2.45) is 0 Å². The Morgan fingerprint density at radius 1 is 1.21 bits per heavy atom. The van der Waals surface area contributed by atoms with E-state index in [-0.39, 0.29) is 23.5 Å². The fourth-order valence-corrected chi connectivity index (χ4v) is 3.23. The number of fused-ring (bicyclic) bond motifs is 1. The maximum absolute atomic E-state index is 13.3. The molecule has 7 nitrogen and oxygen atoms in total. The lowest BCUT2D eigenvalue weighted by Crippen LogP contribution is -2.20. The Labute approximate surface area is 159 Å². The van der Waals surface area contributed by atoms with Crippen molar-refractivity contribution in [2.45, 2.75) is 19.3 Å². The van der Waals surface area contributed by atoms with Gasteiger partial charge in [-0.15, -0.1) is 0 Å². The molecule has 0 aliphatic heterocycles. The zero-order valence-corrected chi connectivity index (χ0v) is 14.8. The van der Waals surface area contributed by atoms with Gasteiger partial charge in [0.2, 0.25) is 11.6 Å². The van der Waals surface area contributed by atoms with Crippen LogP contribution in [0.3, 0.4) is 0 Å². The molecule has 3 heterocycles. The minimum atomic E-state index is -4.71. The molecule has 0 aliphatic rings. The second-order valence-electron chi connectivity index (χ2n) is 5.69. The van der Waals surface area contributed by atoms with E-state index in [2.05, 4.69) is 15.1 Å². The number of hydrogen-bond donors (Lipinski definition) is 0. The topological polar surface area (TPSA) is 83.0 Å². The maximum Gasteiger partial charge on any atom is 0.449 e. The van der Waals surface area contributed by atoms with Crippen molar-refractivity contribution in [1.82, 2.24) is 19.7 Å². The van der Waals surface area contributed by atoms with Crippen LogP contribution in [-0.2, 0) is 28.9 Å². The molecule has 0 unspecified atom stereocenters. The summed E-state index contributed by atoms with van der Waals surface area (Å²) in [5, 5.41) is 7.43. The lowest BCUT2D eigenvalue weighted by Gasteiger charge is -2.10. The first-order valence-electron chi connectivity index (χ1n) is 7.95. The SMILES string of the molecule is O=C(Cn1c(C(F)(F)F)nc2ccccc21)OCc1nc(-c2ccsc2)no1. The van der Waals surface area contributed by atoms with Gasteiger partial charge in [-0.3, -0.25) is 4.79 Å². The Balaban J connectivity index is 1.48. The number of halogens is 3. The number of para-hydroxylation sites is 2. The van der Waals surface area contributed by atoms with Crippen LogP contribution in [0.2, 0.25) is 0 Å². The number of carbonyl (C=O) groups is 1. The minimum absolute atomic E-state index is 0.0427. The smallest absolute Gasteiger partial charge is 0.449 e. The number of benzene rings is 1. The monoisotopic (exact) mass is 408 g/mol. The lowest BCUT2D eigenvalue weighted by molar-refractivity contribution is -0.151. The van der Waals surface area contributed by atoms with Gasteiger partial charge in [0, 0.05) is 10.9 Å². The van der Waals surface area contributed by atoms with Crippen LogP contribution in [0.5, 0.6) is 0 Å². The van der Waals surface area contributed by atoms with E-state index >= 15 is 0 Å². The zero-order valence-electron chi connectivity index (χ0n) is 14.0. The molecule has 4 aromatic rings. The first-order valence-corrected chi connectivity index (χ1v) is 8.89. The molecule has 0 N–H and O–H groups in total. The first kappa shape index (κ1) is 18.2. The molecule has 0 bridgehead atoms. The third-order valence-electron chi connectivity index (χ3n) is 3.80. The van der Waals surface area contributed by atoms with Crippen molar-refractivity contribution in [3.63, 3.8) is 0 Å². The Bertz CT molecular complexity index is 1120. The van der Waals surface area contributed by atoms with Crippen LogP contribution < -0.4 is 0 Å². The van der Waals surface area contributed by atoms with E-state index < -0.39 is 24.5 Å². The number of thiophene rings is 1. The van der Waals surface area contributed by atoms with Crippen molar-refractivity contribution in [3.05, 3.63) is 52.8 Å². The van der Waals surface area contributed by atoms with E-state index in [0.29, 0.717) is 5.82 Å². The number of hydrogen-bond acceptors (Lipinski definition) is 7. The highest BCUT2D eigenvalue weighted by molar-refractivity contribution is 7.08. The van der Waals surface area contributed by atoms with Gasteiger partial charge in [-0.2, -0.15) is 29.5 Å². The van der Waals surface area contributed by atoms with Crippen LogP contribution in [0.15, 0.2) is 45.6 Å². The molecule has 0 saturated heterocycles. The Kier molecular flexibility index (Phi) is 4.59. The number of carbonyl (C=O) groups excluding carboxylic acids is 1. The summed E-state index contributed by atoms with van der Waals surface area (Å²) in [5.41, 5.74) is 1.08. The fourth-order valence-electron chi connectivity index (χ4n) is 2.59. The highest BCUT2D eigenvalue weighted by Gasteiger charge is 2.38. The van der Waals surface area contributed by atoms with E-state index in [1.807, 2.05) is 10.8 Å². The second-order valence-corrected chi connectivity index (χ2v) is 6.47. The van der Waals surface area contributed by atoms with E-state index in [0.717, 1.165) is 10.1 Å². The molecular formula is C17H11F3N4O3S. The lowest BCUT2D eigenvalue weighted by atomic mass is 10.3. The molecule has 0 amide bonds. The van der Waals surface area contributed by atoms with E-state index in [1.165, 1.54) is 23.5 Å². The highest BCUT2D eigenvalue weighted by Crippen LogP contribution is 2.31. The number of imidazole rings is 1. The highest BCUT2D eigenvalue weighted by atomic mass is 32.1. The van der Waals surface area contributed by atoms with Crippen LogP contribution in [0, 0.1) is 0 Å². The second kappa shape index (κ2) is 7.08. The zero-order chi connectivity index (χ0) is 19.7. The molecular weight excluding hydrogens is 397 g/mol. The van der Waals surface area contributed by atoms with Crippen molar-refractivity contribution >= 4 is 28.3 Å². The van der Waals surface area contributed by atoms with Crippen LogP contribution in [-0.4, -0.2) is 25.7 Å². The minimum Gasteiger partial charge on any atom is -0.454 e. The number of esters is 1. The van der Waals surface area contributed by atoms with Gasteiger partial charge in [0.05, 0.1) is 11.0 Å². The number of alkyl halides is 3. The van der Waals surface area contributed by atoms with Crippen LogP contribution in [0.4, 0.5) is 13.2 Å². The molecule has 0 spiro atoms. The van der Waals surface area contributed by atoms with Crippen molar-refractivity contribution in [2.75, 3.05) is 0 Å². The third kappa shape index (κ3) is 3.60. The number of aromatic nitrogens is 4. The molecule has 11 heteroatoms. The summed E-state index contributed by atoms with van der Waals surface area (Å²) in [6, 6.07) is 7.83. The van der Waals surface area contributed by atoms with Gasteiger partial charge >= 0.3 is 12.1 Å². The van der Waals surface area contributed by atoms with Crippen molar-refractivity contribution in [3.8, 4) is 11.4 Å². The molecule has 1 aromatic carbocycles. The molecule has 0 fully saturated rings. The average Bonchev–Trinajstić information content (AvgIpc) is 3.39. The quantitative estimate of drug-likeness (QED) is 0.466. The molecule has 3 aromatic heterocycles. The standard InChI is InChI=1S/C17H11F3N4O3S/c18-17(19,20)16-21-11-3-1-2-4-12(11)24(16)7-14(25)26-8-13-22-15(23-27-13)10-5-6-28-9-10/h1-6,9H,7-8H2. The normalized spacial score (nSPS) is 11.8. The number of rotatable bonds is 5. The summed E-state index contributed by atoms with van der Waals surface area (Å²) in [6.45, 7) is -0.995. The van der Waals surface area contributed by atoms with Gasteiger partial charge in [-0.1, -0.05) is 17.3 Å². The van der Waals surface area contributed by atoms with Crippen LogP contribution in [0.1, 0.15) is 11.7 Å². The van der Waals surface area contributed by atoms with Crippen molar-refractivity contribution < 1.29 is 27.2 Å². The molecule has 0 aliphatic carbocycles. The number of ether oxygens (including phenoxy) is 1. The first-order chi connectivity index (χ1) is 13.4. The molecule has 0 radical (unpaired) electrons. The molecule has 144 valence electrons. The third-order valence-corrected chi connectivity index (χ3v) is 4.48. The van der Waals surface area contributed by atoms with Gasteiger partial charge in [0.1, 0.15) is 6.54 Å². The van der Waals surface area contributed by atoms with Gasteiger partial charge < -0.3 is 13.8 Å². The Morgan fingerprint density at radius 3 is 2.79 bits per heavy atom. The van der Waals surface area contributed by atoms with E-state index in [4.69, 9.17) is 9.26 Å². The summed E-state index contributed by atoms with van der Waals surface area (Å²) >= 11 is 1.46. The van der Waals surface area contributed by atoms with Gasteiger partial charge in [-0.25, -0.2) is 4.98 Å². The van der Waals surface area contributed by atoms with Gasteiger partial charge in [0.25, 0.3) is 5.89 Å². The summed E-state index contributed by atoms with van der Waals surface area (Å²) in [6.07, 6.45) is -4.71. The molecule has 0 atom stereocenters. The predicted octanol–water partition coefficient (Wildman–Crippen LogP) is 3.91. The summed E-state index contributed by atoms with van der Waals surface area (Å²) < 4.78 is 50.5. The summed E-state index contributed by atoms with van der Waals surface area (Å²) in [5.74, 6) is -1.67. The average molecular weight is 408 g/mol. The molecule has 0 saturated carbocycles. The Morgan fingerprint density at radius 2 is 2.04 bits per heavy atom. The summed E-state index contributed by atoms with van der Waals surface area (Å²) in [7, 11) is 0.